The molecule has 2 N–H and O–H groups in total. The van der Waals surface area contributed by atoms with Crippen LogP contribution in [0.2, 0.25) is 0 Å². The quantitative estimate of drug-likeness (QED) is 0.757. The fourth-order valence-electron chi connectivity index (χ4n) is 2.11. The number of nitrogens with zero attached hydrogens (tertiary/aromatic N) is 5. The van der Waals surface area contributed by atoms with E-state index in [4.69, 9.17) is 20.5 Å². The number of nitrogens with two attached hydrogens (primary N) is 1. The molecule has 1 aromatic carbocycles. The number of anilines is 1. The molecular weight excluding hydrogens is 308 g/mol. The van der Waals surface area contributed by atoms with Gasteiger partial charge in [-0.3, -0.25) is 0 Å². The van der Waals surface area contributed by atoms with E-state index in [1.54, 1.807) is 18.3 Å². The van der Waals surface area contributed by atoms with Crippen LogP contribution in [-0.4, -0.2) is 33.1 Å². The van der Waals surface area contributed by atoms with Crippen molar-refractivity contribution in [1.82, 2.24) is 19.9 Å². The molecule has 24 heavy (non-hydrogen) atoms. The van der Waals surface area contributed by atoms with Gasteiger partial charge < -0.3 is 15.2 Å². The van der Waals surface area contributed by atoms with Crippen molar-refractivity contribution < 1.29 is 9.47 Å². The van der Waals surface area contributed by atoms with E-state index in [1.807, 2.05) is 25.1 Å². The highest BCUT2D eigenvalue weighted by molar-refractivity contribution is 5.79. The fraction of sp³-hybridized carbons (Fsp3) is 0.188. The fourth-order valence-corrected chi connectivity index (χ4v) is 2.11. The van der Waals surface area contributed by atoms with Gasteiger partial charge in [-0.15, -0.1) is 0 Å². The molecule has 0 saturated carbocycles. The van der Waals surface area contributed by atoms with Crippen molar-refractivity contribution in [2.75, 3.05) is 18.9 Å². The Morgan fingerprint density at radius 3 is 2.62 bits per heavy atom. The number of aromatic nitrogens is 4. The summed E-state index contributed by atoms with van der Waals surface area (Å²) >= 11 is 0. The maximum atomic E-state index is 8.52. The summed E-state index contributed by atoms with van der Waals surface area (Å²) in [6.45, 7) is 2.29. The Bertz CT molecular complexity index is 905. The zero-order chi connectivity index (χ0) is 16.9. The molecule has 0 spiro atoms. The largest absolute Gasteiger partial charge is 0.479 e. The Morgan fingerprint density at radius 2 is 1.92 bits per heavy atom. The van der Waals surface area contributed by atoms with Crippen LogP contribution in [0.15, 0.2) is 30.5 Å². The minimum Gasteiger partial charge on any atom is -0.479 e. The van der Waals surface area contributed by atoms with E-state index in [9.17, 15) is 0 Å². The summed E-state index contributed by atoms with van der Waals surface area (Å²) < 4.78 is 10.7. The Labute approximate surface area is 137 Å². The molecule has 0 atom stereocenters. The van der Waals surface area contributed by atoms with E-state index in [0.717, 1.165) is 5.56 Å². The zero-order valence-electron chi connectivity index (χ0n) is 12.9. The Hall–Kier alpha value is -3.47. The predicted molar refractivity (Wildman–Crippen MR) is 87.3 cm³/mol. The molecule has 0 amide bonds. The first-order valence-electron chi connectivity index (χ1n) is 7.24. The van der Waals surface area contributed by atoms with Crippen LogP contribution in [0.3, 0.4) is 0 Å². The van der Waals surface area contributed by atoms with Crippen LogP contribution in [0.25, 0.3) is 22.4 Å². The van der Waals surface area contributed by atoms with Gasteiger partial charge in [-0.2, -0.15) is 15.2 Å². The van der Waals surface area contributed by atoms with E-state index in [0.29, 0.717) is 35.1 Å². The van der Waals surface area contributed by atoms with Crippen LogP contribution in [0.5, 0.6) is 11.6 Å². The van der Waals surface area contributed by atoms with E-state index in [-0.39, 0.29) is 12.6 Å². The first-order chi connectivity index (χ1) is 11.7. The Kier molecular flexibility index (Phi) is 4.34. The lowest BCUT2D eigenvalue weighted by atomic mass is 10.1. The number of fused-ring (bicyclic) bond motifs is 1. The molecule has 0 aliphatic heterocycles. The van der Waals surface area contributed by atoms with Gasteiger partial charge in [-0.1, -0.05) is 0 Å². The standard InChI is InChI=1S/C16H14N6O2/c1-2-23-15-13-14(21-16(18)22-15)19-9-12(20-13)10-3-5-11(6-4-10)24-8-7-17/h3-6,9H,2,8H2,1H3,(H2,18,19,21,22). The van der Waals surface area contributed by atoms with Gasteiger partial charge >= 0.3 is 0 Å². The highest BCUT2D eigenvalue weighted by atomic mass is 16.5. The summed E-state index contributed by atoms with van der Waals surface area (Å²) in [7, 11) is 0. The maximum absolute atomic E-state index is 8.52. The van der Waals surface area contributed by atoms with Crippen molar-refractivity contribution in [3.8, 4) is 29.0 Å². The Balaban J connectivity index is 1.99. The van der Waals surface area contributed by atoms with Crippen LogP contribution < -0.4 is 15.2 Å². The van der Waals surface area contributed by atoms with Crippen LogP contribution in [0.4, 0.5) is 5.95 Å². The molecule has 0 unspecified atom stereocenters. The number of nitriles is 1. The molecule has 2 aromatic heterocycles. The molecule has 0 bridgehead atoms. The normalized spacial score (nSPS) is 10.3. The predicted octanol–water partition coefficient (Wildman–Crippen LogP) is 1.97. The molecule has 0 saturated heterocycles. The number of benzene rings is 1. The molecule has 2 heterocycles. The maximum Gasteiger partial charge on any atom is 0.247 e. The molecule has 3 rings (SSSR count). The molecule has 0 aliphatic rings. The first-order valence-corrected chi connectivity index (χ1v) is 7.24. The van der Waals surface area contributed by atoms with Crippen LogP contribution >= 0.6 is 0 Å². The van der Waals surface area contributed by atoms with Crippen molar-refractivity contribution in [1.29, 1.82) is 5.26 Å². The van der Waals surface area contributed by atoms with Gasteiger partial charge in [0.15, 0.2) is 17.8 Å². The summed E-state index contributed by atoms with van der Waals surface area (Å²) in [5.41, 5.74) is 7.97. The highest BCUT2D eigenvalue weighted by Gasteiger charge is 2.12. The molecule has 0 fully saturated rings. The SMILES string of the molecule is CCOc1nc(N)nc2ncc(-c3ccc(OCC#N)cc3)nc12. The van der Waals surface area contributed by atoms with Crippen molar-refractivity contribution in [3.63, 3.8) is 0 Å². The second-order valence-corrected chi connectivity index (χ2v) is 4.72. The summed E-state index contributed by atoms with van der Waals surface area (Å²) in [4.78, 5) is 16.9. The number of nitrogen functional groups attached to an aromatic ring is 1. The molecule has 8 nitrogen and oxygen atoms in total. The molecule has 120 valence electrons. The second-order valence-electron chi connectivity index (χ2n) is 4.72. The van der Waals surface area contributed by atoms with Gasteiger partial charge in [0.25, 0.3) is 0 Å². The summed E-state index contributed by atoms with van der Waals surface area (Å²) in [5, 5.41) is 8.52. The third-order valence-electron chi connectivity index (χ3n) is 3.13. The van der Waals surface area contributed by atoms with Crippen LogP contribution in [0.1, 0.15) is 6.92 Å². The molecule has 3 aromatic rings. The topological polar surface area (TPSA) is 120 Å². The summed E-state index contributed by atoms with van der Waals surface area (Å²) in [5.74, 6) is 1.01. The van der Waals surface area contributed by atoms with E-state index >= 15 is 0 Å². The van der Waals surface area contributed by atoms with Crippen molar-refractivity contribution >= 4 is 17.1 Å². The lowest BCUT2D eigenvalue weighted by Gasteiger charge is -2.08. The van der Waals surface area contributed by atoms with E-state index in [1.165, 1.54) is 0 Å². The highest BCUT2D eigenvalue weighted by Crippen LogP contribution is 2.25. The molecular formula is C16H14N6O2. The lowest BCUT2D eigenvalue weighted by molar-refractivity contribution is 0.330. The number of hydrogen-bond acceptors (Lipinski definition) is 8. The first kappa shape index (κ1) is 15.4. The van der Waals surface area contributed by atoms with E-state index < -0.39 is 0 Å². The second kappa shape index (κ2) is 6.75. The average molecular weight is 322 g/mol. The summed E-state index contributed by atoms with van der Waals surface area (Å²) in [6, 6.07) is 9.12. The monoisotopic (exact) mass is 322 g/mol. The lowest BCUT2D eigenvalue weighted by Crippen LogP contribution is -2.04. The number of hydrogen-bond donors (Lipinski definition) is 1. The smallest absolute Gasteiger partial charge is 0.247 e. The molecule has 8 heteroatoms. The van der Waals surface area contributed by atoms with Gasteiger partial charge in [0.1, 0.15) is 11.8 Å². The van der Waals surface area contributed by atoms with Gasteiger partial charge in [0.05, 0.1) is 18.5 Å². The molecule has 0 aliphatic carbocycles. The minimum absolute atomic E-state index is 0.00556. The Morgan fingerprint density at radius 1 is 1.12 bits per heavy atom. The van der Waals surface area contributed by atoms with Crippen molar-refractivity contribution in [2.45, 2.75) is 6.92 Å². The van der Waals surface area contributed by atoms with E-state index in [2.05, 4.69) is 19.9 Å². The van der Waals surface area contributed by atoms with Crippen molar-refractivity contribution in [2.24, 2.45) is 0 Å². The third kappa shape index (κ3) is 3.15. The molecule has 0 radical (unpaired) electrons. The summed E-state index contributed by atoms with van der Waals surface area (Å²) in [6.07, 6.45) is 1.61. The van der Waals surface area contributed by atoms with Gasteiger partial charge in [-0.25, -0.2) is 9.97 Å². The van der Waals surface area contributed by atoms with Gasteiger partial charge in [0, 0.05) is 5.56 Å². The average Bonchev–Trinajstić information content (AvgIpc) is 2.60. The zero-order valence-corrected chi connectivity index (χ0v) is 12.9. The number of ether oxygens (including phenoxy) is 2. The minimum atomic E-state index is 0.00556. The van der Waals surface area contributed by atoms with Gasteiger partial charge in [0.2, 0.25) is 11.8 Å². The van der Waals surface area contributed by atoms with Gasteiger partial charge in [-0.05, 0) is 31.2 Å². The van der Waals surface area contributed by atoms with Crippen LogP contribution in [0, 0.1) is 11.3 Å². The third-order valence-corrected chi connectivity index (χ3v) is 3.13. The van der Waals surface area contributed by atoms with Crippen molar-refractivity contribution in [3.05, 3.63) is 30.5 Å². The number of rotatable bonds is 5. The van der Waals surface area contributed by atoms with Crippen LogP contribution in [-0.2, 0) is 0 Å².